The van der Waals surface area contributed by atoms with E-state index in [4.69, 9.17) is 0 Å². The molecule has 0 unspecified atom stereocenters. The van der Waals surface area contributed by atoms with Crippen LogP contribution in [0.5, 0.6) is 0 Å². The molecule has 0 radical (unpaired) electrons. The predicted octanol–water partition coefficient (Wildman–Crippen LogP) is 3.13. The van der Waals surface area contributed by atoms with Crippen LogP contribution in [0.1, 0.15) is 47.8 Å². The van der Waals surface area contributed by atoms with Gasteiger partial charge in [-0.3, -0.25) is 9.48 Å². The van der Waals surface area contributed by atoms with E-state index in [2.05, 4.69) is 34.4 Å². The second-order valence-electron chi connectivity index (χ2n) is 6.37. The van der Waals surface area contributed by atoms with E-state index in [1.165, 1.54) is 24.9 Å². The van der Waals surface area contributed by atoms with Gasteiger partial charge in [0.2, 0.25) is 0 Å². The number of piperidine rings is 1. The fourth-order valence-electron chi connectivity index (χ4n) is 3.15. The third kappa shape index (κ3) is 3.78. The van der Waals surface area contributed by atoms with E-state index >= 15 is 0 Å². The Kier molecular flexibility index (Phi) is 5.18. The molecule has 0 bridgehead atoms. The lowest BCUT2D eigenvalue weighted by Crippen LogP contribution is -2.29. The Hall–Kier alpha value is -2.30. The highest BCUT2D eigenvalue weighted by atomic mass is 16.1. The Morgan fingerprint density at radius 1 is 1.17 bits per heavy atom. The molecule has 1 aliphatic heterocycles. The Bertz CT molecular complexity index is 684. The normalized spacial score (nSPS) is 14.7. The average molecular weight is 326 g/mol. The van der Waals surface area contributed by atoms with Crippen molar-refractivity contribution in [1.82, 2.24) is 15.1 Å². The molecule has 1 saturated heterocycles. The molecule has 1 N–H and O–H groups in total. The molecule has 1 aliphatic rings. The summed E-state index contributed by atoms with van der Waals surface area (Å²) in [4.78, 5) is 14.7. The van der Waals surface area contributed by atoms with Gasteiger partial charge in [-0.05, 0) is 57.4 Å². The van der Waals surface area contributed by atoms with Gasteiger partial charge in [-0.25, -0.2) is 0 Å². The maximum absolute atomic E-state index is 12.3. The lowest BCUT2D eigenvalue weighted by Gasteiger charge is -2.28. The van der Waals surface area contributed by atoms with Crippen LogP contribution < -0.4 is 10.2 Å². The number of hydrogen-bond acceptors (Lipinski definition) is 3. The molecule has 2 aromatic rings. The van der Waals surface area contributed by atoms with E-state index in [9.17, 15) is 4.79 Å². The van der Waals surface area contributed by atoms with Crippen molar-refractivity contribution in [3.63, 3.8) is 0 Å². The van der Waals surface area contributed by atoms with Crippen molar-refractivity contribution in [2.75, 3.05) is 18.0 Å². The van der Waals surface area contributed by atoms with Crippen LogP contribution in [0, 0.1) is 6.92 Å². The van der Waals surface area contributed by atoms with Crippen molar-refractivity contribution in [1.29, 1.82) is 0 Å². The number of nitrogens with one attached hydrogen (secondary N) is 1. The molecule has 128 valence electrons. The van der Waals surface area contributed by atoms with E-state index in [-0.39, 0.29) is 5.91 Å². The van der Waals surface area contributed by atoms with Crippen molar-refractivity contribution < 1.29 is 4.79 Å². The van der Waals surface area contributed by atoms with Gasteiger partial charge < -0.3 is 10.2 Å². The van der Waals surface area contributed by atoms with Gasteiger partial charge in [-0.1, -0.05) is 0 Å². The van der Waals surface area contributed by atoms with Crippen LogP contribution in [0.25, 0.3) is 0 Å². The first-order chi connectivity index (χ1) is 11.7. The Morgan fingerprint density at radius 2 is 1.88 bits per heavy atom. The number of benzene rings is 1. The number of carbonyl (C=O) groups is 1. The molecule has 1 aromatic heterocycles. The number of hydrogen-bond donors (Lipinski definition) is 1. The minimum absolute atomic E-state index is 0.0381. The highest BCUT2D eigenvalue weighted by Crippen LogP contribution is 2.20. The van der Waals surface area contributed by atoms with Gasteiger partial charge in [-0.15, -0.1) is 0 Å². The Morgan fingerprint density at radius 3 is 2.50 bits per heavy atom. The van der Waals surface area contributed by atoms with Crippen molar-refractivity contribution in [2.45, 2.75) is 46.2 Å². The van der Waals surface area contributed by atoms with Crippen molar-refractivity contribution >= 4 is 11.6 Å². The lowest BCUT2D eigenvalue weighted by atomic mass is 10.1. The number of anilines is 1. The van der Waals surface area contributed by atoms with Gasteiger partial charge >= 0.3 is 0 Å². The molecule has 2 heterocycles. The maximum atomic E-state index is 12.3. The number of nitrogens with zero attached hydrogens (tertiary/aromatic N) is 3. The van der Waals surface area contributed by atoms with Crippen LogP contribution in [-0.2, 0) is 13.1 Å². The third-order valence-corrected chi connectivity index (χ3v) is 4.66. The Labute approximate surface area is 143 Å². The molecule has 1 fully saturated rings. The molecule has 24 heavy (non-hydrogen) atoms. The largest absolute Gasteiger partial charge is 0.372 e. The van der Waals surface area contributed by atoms with Gasteiger partial charge in [-0.2, -0.15) is 5.10 Å². The number of aryl methyl sites for hydroxylation is 2. The summed E-state index contributed by atoms with van der Waals surface area (Å²) in [5, 5.41) is 7.39. The number of amides is 1. The van der Waals surface area contributed by atoms with E-state index < -0.39 is 0 Å². The smallest absolute Gasteiger partial charge is 0.251 e. The molecular formula is C19H26N4O. The first kappa shape index (κ1) is 16.6. The van der Waals surface area contributed by atoms with E-state index in [0.717, 1.165) is 30.9 Å². The number of aromatic nitrogens is 2. The van der Waals surface area contributed by atoms with Crippen molar-refractivity contribution in [3.05, 3.63) is 47.3 Å². The summed E-state index contributed by atoms with van der Waals surface area (Å²) in [6.45, 7) is 7.61. The van der Waals surface area contributed by atoms with E-state index in [1.54, 1.807) is 0 Å². The van der Waals surface area contributed by atoms with Crippen molar-refractivity contribution in [3.8, 4) is 0 Å². The van der Waals surface area contributed by atoms with Crippen LogP contribution in [0.4, 0.5) is 5.69 Å². The van der Waals surface area contributed by atoms with E-state index in [0.29, 0.717) is 12.1 Å². The first-order valence-corrected chi connectivity index (χ1v) is 8.83. The number of rotatable bonds is 5. The SMILES string of the molecule is CCn1cc(CNC(=O)c2ccc(N3CCCCC3)cc2)c(C)n1. The lowest BCUT2D eigenvalue weighted by molar-refractivity contribution is 0.0951. The predicted molar refractivity (Wildman–Crippen MR) is 96.3 cm³/mol. The summed E-state index contributed by atoms with van der Waals surface area (Å²) in [7, 11) is 0. The van der Waals surface area contributed by atoms with Crippen LogP contribution in [0.2, 0.25) is 0 Å². The summed E-state index contributed by atoms with van der Waals surface area (Å²) in [5.41, 5.74) is 3.95. The molecule has 5 heteroatoms. The molecule has 1 amide bonds. The molecular weight excluding hydrogens is 300 g/mol. The second-order valence-corrected chi connectivity index (χ2v) is 6.37. The topological polar surface area (TPSA) is 50.2 Å². The second kappa shape index (κ2) is 7.51. The van der Waals surface area contributed by atoms with Crippen LogP contribution in [-0.4, -0.2) is 28.8 Å². The average Bonchev–Trinajstić information content (AvgIpc) is 3.00. The first-order valence-electron chi connectivity index (χ1n) is 8.83. The van der Waals surface area contributed by atoms with E-state index in [1.807, 2.05) is 29.9 Å². The molecule has 0 spiro atoms. The minimum Gasteiger partial charge on any atom is -0.372 e. The zero-order valence-corrected chi connectivity index (χ0v) is 14.6. The minimum atomic E-state index is -0.0381. The summed E-state index contributed by atoms with van der Waals surface area (Å²) >= 11 is 0. The summed E-state index contributed by atoms with van der Waals surface area (Å²) in [6, 6.07) is 7.95. The van der Waals surface area contributed by atoms with Crippen LogP contribution >= 0.6 is 0 Å². The fraction of sp³-hybridized carbons (Fsp3) is 0.474. The zero-order valence-electron chi connectivity index (χ0n) is 14.6. The highest BCUT2D eigenvalue weighted by Gasteiger charge is 2.12. The van der Waals surface area contributed by atoms with Gasteiger partial charge in [0.05, 0.1) is 5.69 Å². The van der Waals surface area contributed by atoms with Crippen LogP contribution in [0.3, 0.4) is 0 Å². The van der Waals surface area contributed by atoms with Gasteiger partial charge in [0.15, 0.2) is 0 Å². The van der Waals surface area contributed by atoms with Gasteiger partial charge in [0, 0.05) is 49.2 Å². The molecule has 0 atom stereocenters. The summed E-state index contributed by atoms with van der Waals surface area (Å²) in [5.74, 6) is -0.0381. The molecule has 0 saturated carbocycles. The standard InChI is InChI=1S/C19H26N4O/c1-3-23-14-17(15(2)21-23)13-20-19(24)16-7-9-18(10-8-16)22-11-5-4-6-12-22/h7-10,14H,3-6,11-13H2,1-2H3,(H,20,24). The van der Waals surface area contributed by atoms with Gasteiger partial charge in [0.1, 0.15) is 0 Å². The van der Waals surface area contributed by atoms with Gasteiger partial charge in [0.25, 0.3) is 5.91 Å². The van der Waals surface area contributed by atoms with Crippen LogP contribution in [0.15, 0.2) is 30.5 Å². The van der Waals surface area contributed by atoms with Crippen molar-refractivity contribution in [2.24, 2.45) is 0 Å². The summed E-state index contributed by atoms with van der Waals surface area (Å²) in [6.07, 6.45) is 5.83. The molecule has 1 aromatic carbocycles. The monoisotopic (exact) mass is 326 g/mol. The molecule has 3 rings (SSSR count). The fourth-order valence-corrected chi connectivity index (χ4v) is 3.15. The summed E-state index contributed by atoms with van der Waals surface area (Å²) < 4.78 is 1.89. The zero-order chi connectivity index (χ0) is 16.9. The molecule has 0 aliphatic carbocycles. The third-order valence-electron chi connectivity index (χ3n) is 4.66. The maximum Gasteiger partial charge on any atom is 0.251 e. The quantitative estimate of drug-likeness (QED) is 0.918. The highest BCUT2D eigenvalue weighted by molar-refractivity contribution is 5.94. The molecule has 5 nitrogen and oxygen atoms in total. The Balaban J connectivity index is 1.59. The number of carbonyl (C=O) groups excluding carboxylic acids is 1.